The molecule has 0 unspecified atom stereocenters. The molecule has 1 aromatic heterocycles. The zero-order chi connectivity index (χ0) is 48.1. The summed E-state index contributed by atoms with van der Waals surface area (Å²) in [5, 5.41) is 29.3. The van der Waals surface area contributed by atoms with Crippen molar-refractivity contribution in [3.63, 3.8) is 0 Å². The highest BCUT2D eigenvalue weighted by Gasteiger charge is 2.93. The Morgan fingerprint density at radius 1 is 0.914 bits per heavy atom. The summed E-state index contributed by atoms with van der Waals surface area (Å²) in [4.78, 5) is 47.0. The number of hydrogen-bond acceptors (Lipinski definition) is 12. The van der Waals surface area contributed by atoms with Crippen molar-refractivity contribution >= 4 is 17.7 Å². The zero-order valence-electron chi connectivity index (χ0n) is 41.8. The number of epoxide rings is 1. The lowest BCUT2D eigenvalue weighted by molar-refractivity contribution is -0.276. The van der Waals surface area contributed by atoms with Gasteiger partial charge in [0, 0.05) is 40.8 Å². The number of hydrogen-bond donors (Lipinski definition) is 3. The number of benzene rings is 1. The van der Waals surface area contributed by atoms with Crippen LogP contribution < -0.4 is 5.32 Å². The molecule has 10 fully saturated rings. The average Bonchev–Trinajstić information content (AvgIpc) is 3.59. The second kappa shape index (κ2) is 16.5. The van der Waals surface area contributed by atoms with Gasteiger partial charge in [0.1, 0.15) is 30.2 Å². The van der Waals surface area contributed by atoms with Gasteiger partial charge in [-0.05, 0) is 149 Å². The number of cyclic esters (lactones) is 2. The van der Waals surface area contributed by atoms with Gasteiger partial charge in [-0.25, -0.2) is 4.79 Å². The highest BCUT2D eigenvalue weighted by molar-refractivity contribution is 5.92. The largest absolute Gasteiger partial charge is 0.469 e. The van der Waals surface area contributed by atoms with E-state index < -0.39 is 69.9 Å². The fraction of sp³-hybridized carbons (Fsp3) is 0.741. The van der Waals surface area contributed by atoms with E-state index in [2.05, 4.69) is 67.5 Å². The van der Waals surface area contributed by atoms with Gasteiger partial charge in [-0.2, -0.15) is 0 Å². The first-order valence-corrected chi connectivity index (χ1v) is 27.6. The van der Waals surface area contributed by atoms with Crippen LogP contribution in [0.15, 0.2) is 59.4 Å². The van der Waals surface area contributed by atoms with E-state index in [0.717, 1.165) is 88.7 Å². The molecule has 5 saturated heterocycles. The molecule has 2 aromatic rings. The Kier molecular flexibility index (Phi) is 10.9. The number of rotatable bonds is 9. The highest BCUT2D eigenvalue weighted by atomic mass is 16.7. The molecule has 0 radical (unpaired) electrons. The van der Waals surface area contributed by atoms with Crippen LogP contribution in [-0.4, -0.2) is 94.3 Å². The van der Waals surface area contributed by atoms with Crippen molar-refractivity contribution in [1.29, 1.82) is 0 Å². The highest BCUT2D eigenvalue weighted by Crippen LogP contribution is 2.83. The van der Waals surface area contributed by atoms with E-state index in [1.807, 2.05) is 19.1 Å². The Balaban J connectivity index is 0.904. The van der Waals surface area contributed by atoms with Crippen LogP contribution in [0.25, 0.3) is 0 Å². The van der Waals surface area contributed by atoms with Crippen molar-refractivity contribution in [2.75, 3.05) is 19.8 Å². The number of allylic oxidation sites excluding steroid dienone is 1. The van der Waals surface area contributed by atoms with Crippen LogP contribution >= 0.6 is 0 Å². The molecule has 20 atom stereocenters. The minimum atomic E-state index is -1.45. The van der Waals surface area contributed by atoms with Crippen molar-refractivity contribution in [3.05, 3.63) is 71.8 Å². The van der Waals surface area contributed by atoms with Crippen LogP contribution in [0.2, 0.25) is 0 Å². The van der Waals surface area contributed by atoms with Crippen LogP contribution in [0, 0.1) is 75.4 Å². The van der Waals surface area contributed by atoms with Gasteiger partial charge in [-0.15, -0.1) is 0 Å². The maximum atomic E-state index is 16.1. The number of aliphatic hydroxyl groups is 2. The predicted molar refractivity (Wildman–Crippen MR) is 257 cm³/mol. The minimum Gasteiger partial charge on any atom is -0.469 e. The number of fused-ring (bicyclic) bond motifs is 5. The molecule has 0 amide bonds. The summed E-state index contributed by atoms with van der Waals surface area (Å²) in [6.45, 7) is 10.6. The van der Waals surface area contributed by atoms with Crippen molar-refractivity contribution in [2.24, 2.45) is 75.4 Å². The zero-order valence-corrected chi connectivity index (χ0v) is 41.8. The Morgan fingerprint density at radius 2 is 1.76 bits per heavy atom. The van der Waals surface area contributed by atoms with E-state index >= 15 is 4.79 Å². The van der Waals surface area contributed by atoms with E-state index in [1.165, 1.54) is 5.56 Å². The third kappa shape index (κ3) is 6.33. The van der Waals surface area contributed by atoms with Crippen LogP contribution in [0.1, 0.15) is 134 Å². The monoisotopic (exact) mass is 961 g/mol. The van der Waals surface area contributed by atoms with E-state index in [4.69, 9.17) is 23.4 Å². The van der Waals surface area contributed by atoms with Gasteiger partial charge in [-0.1, -0.05) is 70.0 Å². The lowest BCUT2D eigenvalue weighted by Crippen LogP contribution is -2.79. The Morgan fingerprint density at radius 3 is 2.59 bits per heavy atom. The molecule has 1 aromatic carbocycles. The second-order valence-electron chi connectivity index (χ2n) is 25.5. The molecule has 0 bridgehead atoms. The Bertz CT molecular complexity index is 2420. The SMILES string of the molecule is CC(C)CC[C@]1(C)O[C@H]2CC(=O)OC[C@]23[C@H]2CC[C@@]4(C)[C@H](c5ccoc5C[C@@H]5[C@H]6C[C@H]7C=CN8CNC[C@H]8[C@@H]7C[C@@H]6CC[C@H]5O)OC(=O)[C@H]5O[C@]54[C@]2([C@H]2CCC[C@H](Cc4ccccc4)C2)[C@H](O)C(=O)[C@@H]31. The molecule has 12 heteroatoms. The van der Waals surface area contributed by atoms with Crippen molar-refractivity contribution in [2.45, 2.75) is 172 Å². The number of nitrogens with one attached hydrogen (secondary N) is 1. The topological polar surface area (TPSA) is 160 Å². The van der Waals surface area contributed by atoms with Crippen molar-refractivity contribution in [3.8, 4) is 0 Å². The van der Waals surface area contributed by atoms with Gasteiger partial charge in [0.2, 0.25) is 0 Å². The maximum Gasteiger partial charge on any atom is 0.339 e. The van der Waals surface area contributed by atoms with Crippen LogP contribution in [0.3, 0.4) is 0 Å². The van der Waals surface area contributed by atoms with Gasteiger partial charge in [0.25, 0.3) is 0 Å². The number of esters is 2. The summed E-state index contributed by atoms with van der Waals surface area (Å²) in [6.07, 6.45) is 13.8. The molecule has 5 saturated carbocycles. The molecule has 7 heterocycles. The number of ether oxygens (including phenoxy) is 4. The first-order chi connectivity index (χ1) is 33.7. The third-order valence-electron chi connectivity index (χ3n) is 22.1. The van der Waals surface area contributed by atoms with E-state index in [-0.39, 0.29) is 48.5 Å². The third-order valence-corrected chi connectivity index (χ3v) is 22.1. The fourth-order valence-corrected chi connectivity index (χ4v) is 19.3. The normalized spacial score (nSPS) is 48.8. The van der Waals surface area contributed by atoms with Crippen LogP contribution in [0.5, 0.6) is 0 Å². The number of carbonyl (C=O) groups is 3. The molecule has 70 heavy (non-hydrogen) atoms. The smallest absolute Gasteiger partial charge is 0.339 e. The summed E-state index contributed by atoms with van der Waals surface area (Å²) in [7, 11) is 0. The predicted octanol–water partition coefficient (Wildman–Crippen LogP) is 7.88. The molecule has 13 rings (SSSR count). The van der Waals surface area contributed by atoms with Gasteiger partial charge >= 0.3 is 11.9 Å². The lowest BCUT2D eigenvalue weighted by Gasteiger charge is -2.70. The van der Waals surface area contributed by atoms with Gasteiger partial charge in [0.05, 0.1) is 43.1 Å². The van der Waals surface area contributed by atoms with Crippen molar-refractivity contribution < 1.29 is 48.0 Å². The number of ketones is 1. The molecular formula is C58H76N2O10. The molecule has 3 N–H and O–H groups in total. The van der Waals surface area contributed by atoms with Crippen LogP contribution in [-0.2, 0) is 46.2 Å². The summed E-state index contributed by atoms with van der Waals surface area (Å²) >= 11 is 0. The maximum absolute atomic E-state index is 16.1. The number of nitrogens with zero attached hydrogens (tertiary/aromatic N) is 1. The number of carbonyl (C=O) groups excluding carboxylic acids is 3. The lowest BCUT2D eigenvalue weighted by atomic mass is 9.32. The summed E-state index contributed by atoms with van der Waals surface area (Å²) in [5.74, 6) is 1.06. The number of aliphatic hydroxyl groups excluding tert-OH is 2. The van der Waals surface area contributed by atoms with Gasteiger partial charge in [-0.3, -0.25) is 14.9 Å². The fourth-order valence-electron chi connectivity index (χ4n) is 19.3. The quantitative estimate of drug-likeness (QED) is 0.165. The molecule has 11 aliphatic rings. The van der Waals surface area contributed by atoms with Crippen molar-refractivity contribution in [1.82, 2.24) is 10.2 Å². The van der Waals surface area contributed by atoms with Crippen LogP contribution in [0.4, 0.5) is 0 Å². The molecule has 6 aliphatic heterocycles. The van der Waals surface area contributed by atoms with E-state index in [0.29, 0.717) is 61.3 Å². The molecule has 2 spiro atoms. The summed E-state index contributed by atoms with van der Waals surface area (Å²) < 4.78 is 33.9. The molecule has 378 valence electrons. The molecular weight excluding hydrogens is 885 g/mol. The first-order valence-electron chi connectivity index (χ1n) is 27.6. The number of Topliss-reactive ketones (excluding diaryl/α,β-unsaturated/α-hetero) is 1. The van der Waals surface area contributed by atoms with Gasteiger partial charge < -0.3 is 38.5 Å². The van der Waals surface area contributed by atoms with Gasteiger partial charge in [0.15, 0.2) is 11.9 Å². The standard InChI is InChI=1S/C58H76N2O10/c1-32(2)15-20-55(4)49-48(63)50(64)57(37-12-8-11-34(24-37)23-33-9-6-5-7-10-33)45(56(49)30-67-47(62)28-46(56)69-55)16-19-54(3)51(68-53(65)52-58(54,57)70-52)38-18-22-66-44(38)27-41-39-25-36-17-21-60-31-59-29-42(60)40(36)26-35(39)13-14-43(41)61/h5-7,9-10,17-18,21-22,32,34-37,39-43,45-46,49-52,59,61,64H,8,11-16,19-20,23-31H2,1-4H3/t34-,35+,36-,37+,39+,40-,41-,42+,43-,45-,46+,49-,50-,51+,52-,54+,55+,56+,57+,58-/m1/s1. The minimum absolute atomic E-state index is 0.0123. The summed E-state index contributed by atoms with van der Waals surface area (Å²) in [6, 6.07) is 13.1. The Labute approximate surface area is 413 Å². The summed E-state index contributed by atoms with van der Waals surface area (Å²) in [5.41, 5.74) is -3.12. The molecule has 5 aliphatic carbocycles. The molecule has 12 nitrogen and oxygen atoms in total. The first kappa shape index (κ1) is 46.3. The van der Waals surface area contributed by atoms with E-state index in [1.54, 1.807) is 6.26 Å². The average molecular weight is 961 g/mol. The van der Waals surface area contributed by atoms with E-state index in [9.17, 15) is 19.8 Å². The second-order valence-corrected chi connectivity index (χ2v) is 25.5. The number of furan rings is 1. The Hall–Kier alpha value is -3.55.